The average Bonchev–Trinajstić information content (AvgIpc) is 2.38. The Labute approximate surface area is 111 Å². The van der Waals surface area contributed by atoms with E-state index >= 15 is 0 Å². The Morgan fingerprint density at radius 3 is 2.53 bits per heavy atom. The van der Waals surface area contributed by atoms with Crippen molar-refractivity contribution < 1.29 is 18.3 Å². The lowest BCUT2D eigenvalue weighted by atomic mass is 10.1. The van der Waals surface area contributed by atoms with Crippen LogP contribution in [-0.2, 0) is 0 Å². The fourth-order valence-corrected chi connectivity index (χ4v) is 1.50. The third kappa shape index (κ3) is 4.96. The Bertz CT molecular complexity index is 452. The molecule has 0 saturated carbocycles. The molecule has 0 bridgehead atoms. The van der Waals surface area contributed by atoms with Crippen molar-refractivity contribution in [3.63, 3.8) is 0 Å². The number of carbonyl (C=O) groups excluding carboxylic acids is 1. The molecule has 0 aliphatic rings. The largest absolute Gasteiger partial charge is 0.435 e. The molecule has 1 unspecified atom stereocenters. The summed E-state index contributed by atoms with van der Waals surface area (Å²) in [7, 11) is 0. The Morgan fingerprint density at radius 1 is 1.42 bits per heavy atom. The number of halogens is 2. The predicted molar refractivity (Wildman–Crippen MR) is 68.1 cm³/mol. The van der Waals surface area contributed by atoms with E-state index in [1.807, 2.05) is 6.92 Å². The number of hydrogen-bond donors (Lipinski definition) is 1. The van der Waals surface area contributed by atoms with Gasteiger partial charge in [-0.25, -0.2) is 0 Å². The molecule has 0 fully saturated rings. The number of carbonyl (C=O) groups is 1. The third-order valence-electron chi connectivity index (χ3n) is 2.53. The first kappa shape index (κ1) is 15.0. The predicted octanol–water partition coefficient (Wildman–Crippen LogP) is 2.82. The summed E-state index contributed by atoms with van der Waals surface area (Å²) in [6, 6.07) is 5.41. The van der Waals surface area contributed by atoms with E-state index in [0.717, 1.165) is 6.42 Å². The van der Waals surface area contributed by atoms with Crippen LogP contribution in [0, 0.1) is 12.3 Å². The zero-order valence-corrected chi connectivity index (χ0v) is 10.5. The van der Waals surface area contributed by atoms with E-state index in [1.165, 1.54) is 24.3 Å². The highest BCUT2D eigenvalue weighted by molar-refractivity contribution is 5.94. The molecule has 3 nitrogen and oxygen atoms in total. The molecule has 0 spiro atoms. The number of alkyl halides is 2. The molecular formula is C14H15F2NO2. The second kappa shape index (κ2) is 7.37. The minimum absolute atomic E-state index is 0.0159. The van der Waals surface area contributed by atoms with Crippen molar-refractivity contribution in [1.29, 1.82) is 0 Å². The van der Waals surface area contributed by atoms with E-state index in [0.29, 0.717) is 12.0 Å². The SMILES string of the molecule is C#CCC(CC)NC(=O)c1ccc(OC(F)F)cc1. The normalized spacial score (nSPS) is 11.7. The first-order valence-electron chi connectivity index (χ1n) is 5.86. The summed E-state index contributed by atoms with van der Waals surface area (Å²) in [6.45, 7) is -0.957. The van der Waals surface area contributed by atoms with Gasteiger partial charge in [0.15, 0.2) is 0 Å². The summed E-state index contributed by atoms with van der Waals surface area (Å²) >= 11 is 0. The highest BCUT2D eigenvalue weighted by Gasteiger charge is 2.12. The van der Waals surface area contributed by atoms with Crippen molar-refractivity contribution in [1.82, 2.24) is 5.32 Å². The molecule has 0 aromatic heterocycles. The molecular weight excluding hydrogens is 252 g/mol. The summed E-state index contributed by atoms with van der Waals surface area (Å²) in [5.41, 5.74) is 0.372. The van der Waals surface area contributed by atoms with Gasteiger partial charge in [0, 0.05) is 18.0 Å². The van der Waals surface area contributed by atoms with Crippen LogP contribution < -0.4 is 10.1 Å². The summed E-state index contributed by atoms with van der Waals surface area (Å²) < 4.78 is 28.1. The van der Waals surface area contributed by atoms with E-state index in [1.54, 1.807) is 0 Å². The quantitative estimate of drug-likeness (QED) is 0.805. The van der Waals surface area contributed by atoms with Crippen LogP contribution in [0.2, 0.25) is 0 Å². The Hall–Kier alpha value is -2.09. The van der Waals surface area contributed by atoms with Crippen molar-refractivity contribution in [3.05, 3.63) is 29.8 Å². The van der Waals surface area contributed by atoms with Gasteiger partial charge in [-0.15, -0.1) is 12.3 Å². The maximum atomic E-state index is 12.0. The maximum Gasteiger partial charge on any atom is 0.387 e. The van der Waals surface area contributed by atoms with Gasteiger partial charge in [0.05, 0.1) is 0 Å². The fraction of sp³-hybridized carbons (Fsp3) is 0.357. The molecule has 0 radical (unpaired) electrons. The van der Waals surface area contributed by atoms with Crippen molar-refractivity contribution in [2.45, 2.75) is 32.4 Å². The first-order valence-corrected chi connectivity index (χ1v) is 5.86. The van der Waals surface area contributed by atoms with Gasteiger partial charge < -0.3 is 10.1 Å². The maximum absolute atomic E-state index is 12.0. The van der Waals surface area contributed by atoms with Gasteiger partial charge in [-0.1, -0.05) is 6.92 Å². The zero-order valence-electron chi connectivity index (χ0n) is 10.5. The molecule has 0 saturated heterocycles. The van der Waals surface area contributed by atoms with Gasteiger partial charge in [0.2, 0.25) is 0 Å². The van der Waals surface area contributed by atoms with Crippen LogP contribution >= 0.6 is 0 Å². The molecule has 102 valence electrons. The lowest BCUT2D eigenvalue weighted by molar-refractivity contribution is -0.0498. The minimum atomic E-state index is -2.88. The Kier molecular flexibility index (Phi) is 5.80. The van der Waals surface area contributed by atoms with Crippen LogP contribution in [0.25, 0.3) is 0 Å². The highest BCUT2D eigenvalue weighted by atomic mass is 19.3. The van der Waals surface area contributed by atoms with Crippen molar-refractivity contribution in [2.75, 3.05) is 0 Å². The topological polar surface area (TPSA) is 38.3 Å². The van der Waals surface area contributed by atoms with E-state index < -0.39 is 6.61 Å². The van der Waals surface area contributed by atoms with Crippen molar-refractivity contribution in [3.8, 4) is 18.1 Å². The number of hydrogen-bond acceptors (Lipinski definition) is 2. The van der Waals surface area contributed by atoms with Crippen LogP contribution in [0.1, 0.15) is 30.1 Å². The lowest BCUT2D eigenvalue weighted by Gasteiger charge is -2.14. The van der Waals surface area contributed by atoms with Gasteiger partial charge in [-0.2, -0.15) is 8.78 Å². The monoisotopic (exact) mass is 267 g/mol. The lowest BCUT2D eigenvalue weighted by Crippen LogP contribution is -2.34. The van der Waals surface area contributed by atoms with Gasteiger partial charge >= 0.3 is 6.61 Å². The zero-order chi connectivity index (χ0) is 14.3. The molecule has 1 atom stereocenters. The number of ether oxygens (including phenoxy) is 1. The summed E-state index contributed by atoms with van der Waals surface area (Å²) in [6.07, 6.45) is 6.37. The van der Waals surface area contributed by atoms with Gasteiger partial charge in [-0.3, -0.25) is 4.79 Å². The Balaban J connectivity index is 2.65. The molecule has 19 heavy (non-hydrogen) atoms. The van der Waals surface area contributed by atoms with E-state index in [9.17, 15) is 13.6 Å². The van der Waals surface area contributed by atoms with Crippen LogP contribution in [0.5, 0.6) is 5.75 Å². The highest BCUT2D eigenvalue weighted by Crippen LogP contribution is 2.15. The number of terminal acetylenes is 1. The Morgan fingerprint density at radius 2 is 2.05 bits per heavy atom. The second-order valence-corrected chi connectivity index (χ2v) is 3.89. The smallest absolute Gasteiger partial charge is 0.387 e. The van der Waals surface area contributed by atoms with Gasteiger partial charge in [0.25, 0.3) is 5.91 Å². The van der Waals surface area contributed by atoms with Crippen molar-refractivity contribution >= 4 is 5.91 Å². The van der Waals surface area contributed by atoms with Gasteiger partial charge in [0.1, 0.15) is 5.75 Å². The summed E-state index contributed by atoms with van der Waals surface area (Å²) in [5.74, 6) is 2.22. The van der Waals surface area contributed by atoms with Crippen LogP contribution in [0.3, 0.4) is 0 Å². The van der Waals surface area contributed by atoms with E-state index in [-0.39, 0.29) is 17.7 Å². The minimum Gasteiger partial charge on any atom is -0.435 e. The number of rotatable bonds is 6. The molecule has 0 aliphatic carbocycles. The fourth-order valence-electron chi connectivity index (χ4n) is 1.50. The molecule has 1 N–H and O–H groups in total. The third-order valence-corrected chi connectivity index (χ3v) is 2.53. The molecule has 1 aromatic rings. The average molecular weight is 267 g/mol. The number of benzene rings is 1. The molecule has 0 aliphatic heterocycles. The number of amides is 1. The molecule has 1 amide bonds. The number of nitrogens with one attached hydrogen (secondary N) is 1. The molecule has 0 heterocycles. The summed E-state index contributed by atoms with van der Waals surface area (Å²) in [5, 5.41) is 2.77. The van der Waals surface area contributed by atoms with Crippen LogP contribution in [0.15, 0.2) is 24.3 Å². The van der Waals surface area contributed by atoms with E-state index in [4.69, 9.17) is 6.42 Å². The van der Waals surface area contributed by atoms with Crippen LogP contribution in [0.4, 0.5) is 8.78 Å². The van der Waals surface area contributed by atoms with Crippen LogP contribution in [-0.4, -0.2) is 18.6 Å². The molecule has 1 rings (SSSR count). The summed E-state index contributed by atoms with van der Waals surface area (Å²) in [4.78, 5) is 11.9. The second-order valence-electron chi connectivity index (χ2n) is 3.89. The molecule has 5 heteroatoms. The standard InChI is InChI=1S/C14H15F2NO2/c1-3-5-11(4-2)17-13(18)10-6-8-12(9-7-10)19-14(15)16/h1,6-9,11,14H,4-5H2,2H3,(H,17,18). The first-order chi connectivity index (χ1) is 9.06. The molecule has 1 aromatic carbocycles. The van der Waals surface area contributed by atoms with Crippen molar-refractivity contribution in [2.24, 2.45) is 0 Å². The van der Waals surface area contributed by atoms with Gasteiger partial charge in [-0.05, 0) is 30.7 Å². The van der Waals surface area contributed by atoms with E-state index in [2.05, 4.69) is 16.0 Å².